The molecule has 1 aromatic rings. The molecule has 5 heteroatoms. The van der Waals surface area contributed by atoms with Crippen LogP contribution in [0.1, 0.15) is 5.56 Å². The summed E-state index contributed by atoms with van der Waals surface area (Å²) in [4.78, 5) is 5.06. The van der Waals surface area contributed by atoms with Gasteiger partial charge in [-0.25, -0.2) is 0 Å². The summed E-state index contributed by atoms with van der Waals surface area (Å²) in [6, 6.07) is 6.62. The summed E-state index contributed by atoms with van der Waals surface area (Å²) in [5.74, 6) is 0.892. The van der Waals surface area contributed by atoms with Gasteiger partial charge in [0, 0.05) is 62.4 Å². The van der Waals surface area contributed by atoms with Crippen LogP contribution in [0.25, 0.3) is 0 Å². The summed E-state index contributed by atoms with van der Waals surface area (Å²) in [6.07, 6.45) is 0. The smallest absolute Gasteiger partial charge is 0.124 e. The van der Waals surface area contributed by atoms with E-state index in [9.17, 15) is 0 Å². The molecular formula is C15H22ClN3O. The van der Waals surface area contributed by atoms with Crippen LogP contribution >= 0.6 is 11.6 Å². The highest BCUT2D eigenvalue weighted by Crippen LogP contribution is 2.28. The van der Waals surface area contributed by atoms with Crippen LogP contribution in [0, 0.1) is 0 Å². The molecule has 0 bridgehead atoms. The van der Waals surface area contributed by atoms with Crippen molar-refractivity contribution in [2.24, 2.45) is 0 Å². The van der Waals surface area contributed by atoms with Crippen LogP contribution in [0.2, 0.25) is 5.02 Å². The summed E-state index contributed by atoms with van der Waals surface area (Å²) in [5.41, 5.74) is 1.11. The summed E-state index contributed by atoms with van der Waals surface area (Å²) in [5, 5.41) is 4.14. The lowest BCUT2D eigenvalue weighted by Crippen LogP contribution is -2.61. The maximum atomic E-state index is 6.31. The molecule has 1 aromatic carbocycles. The number of nitrogens with one attached hydrogen (secondary N) is 1. The van der Waals surface area contributed by atoms with E-state index < -0.39 is 0 Å². The average molecular weight is 296 g/mol. The molecule has 2 fully saturated rings. The second kappa shape index (κ2) is 6.31. The van der Waals surface area contributed by atoms with E-state index in [2.05, 4.69) is 15.1 Å². The largest absolute Gasteiger partial charge is 0.496 e. The molecule has 1 N–H and O–H groups in total. The van der Waals surface area contributed by atoms with Crippen LogP contribution in [0.15, 0.2) is 18.2 Å². The summed E-state index contributed by atoms with van der Waals surface area (Å²) in [7, 11) is 1.71. The van der Waals surface area contributed by atoms with Gasteiger partial charge < -0.3 is 10.1 Å². The zero-order valence-corrected chi connectivity index (χ0v) is 12.7. The molecule has 0 atom stereocenters. The molecule has 0 spiro atoms. The third kappa shape index (κ3) is 2.93. The van der Waals surface area contributed by atoms with Gasteiger partial charge in [-0.05, 0) is 12.1 Å². The van der Waals surface area contributed by atoms with Crippen molar-refractivity contribution in [2.45, 2.75) is 12.6 Å². The van der Waals surface area contributed by atoms with Gasteiger partial charge in [0.25, 0.3) is 0 Å². The number of nitrogens with zero attached hydrogens (tertiary/aromatic N) is 2. The number of benzene rings is 1. The van der Waals surface area contributed by atoms with Gasteiger partial charge >= 0.3 is 0 Å². The van der Waals surface area contributed by atoms with Gasteiger partial charge in [-0.15, -0.1) is 0 Å². The molecule has 4 nitrogen and oxygen atoms in total. The predicted octanol–water partition coefficient (Wildman–Crippen LogP) is 1.44. The minimum Gasteiger partial charge on any atom is -0.496 e. The van der Waals surface area contributed by atoms with Crippen LogP contribution in [0.3, 0.4) is 0 Å². The van der Waals surface area contributed by atoms with Crippen LogP contribution in [0.5, 0.6) is 5.75 Å². The SMILES string of the molecule is COc1cccc(Cl)c1CN1CCN(C2CNC2)CC1. The third-order valence-corrected chi connectivity index (χ3v) is 4.71. The number of rotatable bonds is 4. The quantitative estimate of drug-likeness (QED) is 0.910. The van der Waals surface area contributed by atoms with Gasteiger partial charge in [-0.2, -0.15) is 0 Å². The van der Waals surface area contributed by atoms with Crippen LogP contribution in [0.4, 0.5) is 0 Å². The second-order valence-corrected chi connectivity index (χ2v) is 5.95. The van der Waals surface area contributed by atoms with E-state index in [1.165, 1.54) is 0 Å². The lowest BCUT2D eigenvalue weighted by molar-refractivity contribution is 0.0692. The van der Waals surface area contributed by atoms with Crippen molar-refractivity contribution in [1.29, 1.82) is 0 Å². The van der Waals surface area contributed by atoms with Crippen molar-refractivity contribution in [1.82, 2.24) is 15.1 Å². The number of halogens is 1. The number of hydrogen-bond donors (Lipinski definition) is 1. The Morgan fingerprint density at radius 3 is 2.60 bits per heavy atom. The van der Waals surface area contributed by atoms with E-state index in [0.717, 1.165) is 68.2 Å². The van der Waals surface area contributed by atoms with Gasteiger partial charge in [0.2, 0.25) is 0 Å². The first-order valence-corrected chi connectivity index (χ1v) is 7.64. The van der Waals surface area contributed by atoms with E-state index >= 15 is 0 Å². The molecular weight excluding hydrogens is 274 g/mol. The van der Waals surface area contributed by atoms with Crippen LogP contribution < -0.4 is 10.1 Å². The summed E-state index contributed by atoms with van der Waals surface area (Å²) < 4.78 is 5.42. The lowest BCUT2D eigenvalue weighted by Gasteiger charge is -2.43. The second-order valence-electron chi connectivity index (χ2n) is 5.54. The molecule has 3 rings (SSSR count). The molecule has 110 valence electrons. The Kier molecular flexibility index (Phi) is 4.46. The van der Waals surface area contributed by atoms with Crippen molar-refractivity contribution >= 4 is 11.6 Å². The average Bonchev–Trinajstić information content (AvgIpc) is 2.41. The Morgan fingerprint density at radius 2 is 2.00 bits per heavy atom. The third-order valence-electron chi connectivity index (χ3n) is 4.36. The topological polar surface area (TPSA) is 27.7 Å². The summed E-state index contributed by atoms with van der Waals surface area (Å²) >= 11 is 6.31. The van der Waals surface area contributed by atoms with E-state index in [4.69, 9.17) is 16.3 Å². The lowest BCUT2D eigenvalue weighted by atomic mass is 10.1. The molecule has 0 aliphatic carbocycles. The molecule has 2 aliphatic rings. The molecule has 0 aromatic heterocycles. The Morgan fingerprint density at radius 1 is 1.25 bits per heavy atom. The van der Waals surface area contributed by atoms with Gasteiger partial charge in [-0.3, -0.25) is 9.80 Å². The van der Waals surface area contributed by atoms with Crippen molar-refractivity contribution in [3.05, 3.63) is 28.8 Å². The normalized spacial score (nSPS) is 21.7. The molecule has 0 amide bonds. The zero-order valence-electron chi connectivity index (χ0n) is 11.9. The standard InChI is InChI=1S/C15H22ClN3O/c1-20-15-4-2-3-14(16)13(15)11-18-5-7-19(8-6-18)12-9-17-10-12/h2-4,12,17H,5-11H2,1H3. The minimum absolute atomic E-state index is 0.756. The number of methoxy groups -OCH3 is 1. The minimum atomic E-state index is 0.756. The Labute approximate surface area is 125 Å². The monoisotopic (exact) mass is 295 g/mol. The number of piperazine rings is 1. The fourth-order valence-corrected chi connectivity index (χ4v) is 3.15. The van der Waals surface area contributed by atoms with E-state index in [-0.39, 0.29) is 0 Å². The summed E-state index contributed by atoms with van der Waals surface area (Å²) in [6.45, 7) is 7.68. The molecule has 0 radical (unpaired) electrons. The Bertz CT molecular complexity index is 456. The van der Waals surface area contributed by atoms with Crippen LogP contribution in [-0.2, 0) is 6.54 Å². The number of hydrogen-bond acceptors (Lipinski definition) is 4. The molecule has 2 heterocycles. The maximum absolute atomic E-state index is 6.31. The first-order chi connectivity index (χ1) is 9.78. The predicted molar refractivity (Wildman–Crippen MR) is 81.5 cm³/mol. The fraction of sp³-hybridized carbons (Fsp3) is 0.600. The highest BCUT2D eigenvalue weighted by Gasteiger charge is 2.28. The highest BCUT2D eigenvalue weighted by atomic mass is 35.5. The van der Waals surface area contributed by atoms with Gasteiger partial charge in [0.15, 0.2) is 0 Å². The van der Waals surface area contributed by atoms with Gasteiger partial charge in [0.05, 0.1) is 7.11 Å². The van der Waals surface area contributed by atoms with Crippen molar-refractivity contribution in [2.75, 3.05) is 46.4 Å². The highest BCUT2D eigenvalue weighted by molar-refractivity contribution is 6.31. The van der Waals surface area contributed by atoms with E-state index in [0.29, 0.717) is 0 Å². The Hall–Kier alpha value is -0.810. The van der Waals surface area contributed by atoms with Crippen molar-refractivity contribution in [3.63, 3.8) is 0 Å². The van der Waals surface area contributed by atoms with Crippen molar-refractivity contribution < 1.29 is 4.74 Å². The molecule has 2 saturated heterocycles. The first kappa shape index (κ1) is 14.1. The maximum Gasteiger partial charge on any atom is 0.124 e. The fourth-order valence-electron chi connectivity index (χ4n) is 2.93. The zero-order chi connectivity index (χ0) is 13.9. The molecule has 20 heavy (non-hydrogen) atoms. The van der Waals surface area contributed by atoms with Gasteiger partial charge in [-0.1, -0.05) is 17.7 Å². The molecule has 0 saturated carbocycles. The Balaban J connectivity index is 1.59. The van der Waals surface area contributed by atoms with Crippen molar-refractivity contribution in [3.8, 4) is 5.75 Å². The molecule has 2 aliphatic heterocycles. The first-order valence-electron chi connectivity index (χ1n) is 7.26. The van der Waals surface area contributed by atoms with Gasteiger partial charge in [0.1, 0.15) is 5.75 Å². The van der Waals surface area contributed by atoms with E-state index in [1.807, 2.05) is 18.2 Å². The number of ether oxygens (including phenoxy) is 1. The molecule has 0 unspecified atom stereocenters. The van der Waals surface area contributed by atoms with Crippen LogP contribution in [-0.4, -0.2) is 62.2 Å². The van der Waals surface area contributed by atoms with E-state index in [1.54, 1.807) is 7.11 Å².